The van der Waals surface area contributed by atoms with Crippen LogP contribution in [0.15, 0.2) is 12.1 Å². The molecule has 1 saturated heterocycles. The van der Waals surface area contributed by atoms with Crippen LogP contribution in [0.5, 0.6) is 0 Å². The molecule has 0 unspecified atom stereocenters. The zero-order chi connectivity index (χ0) is 14.8. The van der Waals surface area contributed by atoms with Crippen molar-refractivity contribution in [3.05, 3.63) is 27.7 Å². The van der Waals surface area contributed by atoms with Crippen LogP contribution in [0, 0.1) is 23.7 Å². The number of halogens is 2. The second-order valence-electron chi connectivity index (χ2n) is 4.81. The van der Waals surface area contributed by atoms with Crippen LogP contribution in [-0.4, -0.2) is 19.1 Å². The molecule has 6 heteroatoms. The molecule has 0 radical (unpaired) electrons. The van der Waals surface area contributed by atoms with Crippen LogP contribution in [-0.2, 0) is 9.53 Å². The summed E-state index contributed by atoms with van der Waals surface area (Å²) < 4.78 is 5.21. The van der Waals surface area contributed by atoms with Crippen molar-refractivity contribution in [1.82, 2.24) is 0 Å². The molecule has 1 N–H and O–H groups in total. The molecule has 1 aromatic carbocycles. The first kappa shape index (κ1) is 15.1. The minimum absolute atomic E-state index is 0.356. The third kappa shape index (κ3) is 2.76. The first-order valence-electron chi connectivity index (χ1n) is 6.25. The molecule has 20 heavy (non-hydrogen) atoms. The van der Waals surface area contributed by atoms with Crippen LogP contribution >= 0.6 is 23.2 Å². The van der Waals surface area contributed by atoms with Crippen molar-refractivity contribution in [2.45, 2.75) is 19.8 Å². The fourth-order valence-electron chi connectivity index (χ4n) is 2.11. The van der Waals surface area contributed by atoms with E-state index < -0.39 is 5.41 Å². The Morgan fingerprint density at radius 2 is 2.05 bits per heavy atom. The summed E-state index contributed by atoms with van der Waals surface area (Å²) >= 11 is 12.2. The quantitative estimate of drug-likeness (QED) is 0.908. The van der Waals surface area contributed by atoms with Gasteiger partial charge in [0.25, 0.3) is 0 Å². The van der Waals surface area contributed by atoms with E-state index in [2.05, 4.69) is 11.4 Å². The van der Waals surface area contributed by atoms with Crippen molar-refractivity contribution < 1.29 is 9.53 Å². The van der Waals surface area contributed by atoms with Gasteiger partial charge in [0.05, 0.1) is 21.8 Å². The minimum Gasteiger partial charge on any atom is -0.381 e. The molecule has 0 atom stereocenters. The Morgan fingerprint density at radius 1 is 1.40 bits per heavy atom. The van der Waals surface area contributed by atoms with E-state index >= 15 is 0 Å². The number of carbonyl (C=O) groups is 1. The fraction of sp³-hybridized carbons (Fsp3) is 0.429. The molecule has 1 aliphatic rings. The van der Waals surface area contributed by atoms with Crippen LogP contribution in [0.4, 0.5) is 5.69 Å². The molecule has 1 fully saturated rings. The van der Waals surface area contributed by atoms with E-state index in [9.17, 15) is 10.1 Å². The topological polar surface area (TPSA) is 62.1 Å². The number of nitriles is 1. The number of rotatable bonds is 2. The smallest absolute Gasteiger partial charge is 0.245 e. The maximum absolute atomic E-state index is 12.4. The molecule has 0 aliphatic carbocycles. The van der Waals surface area contributed by atoms with Crippen molar-refractivity contribution in [3.8, 4) is 6.07 Å². The normalized spacial score (nSPS) is 17.3. The lowest BCUT2D eigenvalue weighted by molar-refractivity contribution is -0.126. The largest absolute Gasteiger partial charge is 0.381 e. The van der Waals surface area contributed by atoms with Crippen molar-refractivity contribution in [3.63, 3.8) is 0 Å². The average molecular weight is 313 g/mol. The predicted octanol–water partition coefficient (Wildman–Crippen LogP) is 3.56. The summed E-state index contributed by atoms with van der Waals surface area (Å²) in [5.74, 6) is -0.377. The molecule has 4 nitrogen and oxygen atoms in total. The van der Waals surface area contributed by atoms with E-state index in [1.54, 1.807) is 12.1 Å². The van der Waals surface area contributed by atoms with Crippen LogP contribution in [0.3, 0.4) is 0 Å². The van der Waals surface area contributed by atoms with Crippen molar-refractivity contribution in [1.29, 1.82) is 5.26 Å². The first-order chi connectivity index (χ1) is 9.50. The van der Waals surface area contributed by atoms with Gasteiger partial charge < -0.3 is 10.1 Å². The lowest BCUT2D eigenvalue weighted by atomic mass is 9.81. The zero-order valence-corrected chi connectivity index (χ0v) is 12.5. The van der Waals surface area contributed by atoms with E-state index in [1.165, 1.54) is 0 Å². The molecule has 1 aliphatic heterocycles. The summed E-state index contributed by atoms with van der Waals surface area (Å²) in [5.41, 5.74) is 0.0954. The monoisotopic (exact) mass is 312 g/mol. The number of carbonyl (C=O) groups excluding carboxylic acids is 1. The highest BCUT2D eigenvalue weighted by atomic mass is 35.5. The number of ether oxygens (including phenoxy) is 1. The maximum atomic E-state index is 12.4. The Balaban J connectivity index is 2.28. The van der Waals surface area contributed by atoms with Crippen molar-refractivity contribution >= 4 is 34.8 Å². The molecule has 0 spiro atoms. The van der Waals surface area contributed by atoms with E-state index in [0.29, 0.717) is 41.8 Å². The summed E-state index contributed by atoms with van der Waals surface area (Å²) in [6.45, 7) is 2.62. The molecule has 1 aromatic rings. The Bertz CT molecular complexity index is 575. The number of benzene rings is 1. The van der Waals surface area contributed by atoms with Crippen LogP contribution in [0.25, 0.3) is 0 Å². The Labute approximate surface area is 127 Å². The zero-order valence-electron chi connectivity index (χ0n) is 11.0. The highest BCUT2D eigenvalue weighted by Crippen LogP contribution is 2.36. The summed E-state index contributed by atoms with van der Waals surface area (Å²) in [6, 6.07) is 5.55. The Morgan fingerprint density at radius 3 is 2.65 bits per heavy atom. The third-order valence-corrected chi connectivity index (χ3v) is 4.32. The lowest BCUT2D eigenvalue weighted by Crippen LogP contribution is -2.40. The van der Waals surface area contributed by atoms with Gasteiger partial charge >= 0.3 is 0 Å². The molecule has 0 bridgehead atoms. The van der Waals surface area contributed by atoms with E-state index in [1.807, 2.05) is 6.92 Å². The van der Waals surface area contributed by atoms with Crippen molar-refractivity contribution in [2.75, 3.05) is 18.5 Å². The maximum Gasteiger partial charge on any atom is 0.245 e. The molecule has 1 amide bonds. The minimum atomic E-state index is -1.07. The first-order valence-corrected chi connectivity index (χ1v) is 7.01. The molecule has 1 heterocycles. The van der Waals surface area contributed by atoms with Gasteiger partial charge in [-0.1, -0.05) is 29.3 Å². The number of nitrogens with one attached hydrogen (secondary N) is 1. The van der Waals surface area contributed by atoms with Gasteiger partial charge in [-0.15, -0.1) is 0 Å². The van der Waals surface area contributed by atoms with E-state index in [0.717, 1.165) is 5.56 Å². The number of hydrogen-bond donors (Lipinski definition) is 1. The lowest BCUT2D eigenvalue weighted by Gasteiger charge is -2.29. The third-order valence-electron chi connectivity index (χ3n) is 3.52. The van der Waals surface area contributed by atoms with Gasteiger partial charge in [-0.2, -0.15) is 5.26 Å². The van der Waals surface area contributed by atoms with Crippen LogP contribution in [0.1, 0.15) is 18.4 Å². The fourth-order valence-corrected chi connectivity index (χ4v) is 2.58. The Kier molecular flexibility index (Phi) is 4.54. The highest BCUT2D eigenvalue weighted by Gasteiger charge is 2.40. The van der Waals surface area contributed by atoms with Gasteiger partial charge in [0, 0.05) is 13.2 Å². The number of aryl methyl sites for hydroxylation is 1. The SMILES string of the molecule is Cc1ccc(Cl)c(NC(=O)C2(C#N)CCOCC2)c1Cl. The van der Waals surface area contributed by atoms with Gasteiger partial charge in [0.2, 0.25) is 5.91 Å². The molecule has 0 saturated carbocycles. The molecular formula is C14H14Cl2N2O2. The molecule has 2 rings (SSSR count). The van der Waals surface area contributed by atoms with Crippen LogP contribution in [0.2, 0.25) is 10.0 Å². The molecule has 0 aromatic heterocycles. The van der Waals surface area contributed by atoms with Gasteiger partial charge in [-0.3, -0.25) is 4.79 Å². The number of nitrogens with zero attached hydrogens (tertiary/aromatic N) is 1. The van der Waals surface area contributed by atoms with Gasteiger partial charge in [0.15, 0.2) is 0 Å². The standard InChI is InChI=1S/C14H14Cl2N2O2/c1-9-2-3-10(15)12(11(9)16)18-13(19)14(8-17)4-6-20-7-5-14/h2-3H,4-7H2,1H3,(H,18,19). The molecular weight excluding hydrogens is 299 g/mol. The summed E-state index contributed by atoms with van der Waals surface area (Å²) in [4.78, 5) is 12.4. The molecule has 106 valence electrons. The number of anilines is 1. The van der Waals surface area contributed by atoms with E-state index in [-0.39, 0.29) is 5.91 Å². The average Bonchev–Trinajstić information content (AvgIpc) is 2.48. The summed E-state index contributed by atoms with van der Waals surface area (Å²) in [7, 11) is 0. The van der Waals surface area contributed by atoms with Gasteiger partial charge in [-0.05, 0) is 31.4 Å². The summed E-state index contributed by atoms with van der Waals surface area (Å²) in [6.07, 6.45) is 0.743. The van der Waals surface area contributed by atoms with E-state index in [4.69, 9.17) is 27.9 Å². The second kappa shape index (κ2) is 6.01. The predicted molar refractivity (Wildman–Crippen MR) is 77.9 cm³/mol. The number of amides is 1. The number of hydrogen-bond acceptors (Lipinski definition) is 3. The second-order valence-corrected chi connectivity index (χ2v) is 5.60. The van der Waals surface area contributed by atoms with Gasteiger partial charge in [0.1, 0.15) is 5.41 Å². The Hall–Kier alpha value is -1.28. The van der Waals surface area contributed by atoms with Gasteiger partial charge in [-0.25, -0.2) is 0 Å². The van der Waals surface area contributed by atoms with Crippen LogP contribution < -0.4 is 5.32 Å². The van der Waals surface area contributed by atoms with Crippen molar-refractivity contribution in [2.24, 2.45) is 5.41 Å². The highest BCUT2D eigenvalue weighted by molar-refractivity contribution is 6.40. The summed E-state index contributed by atoms with van der Waals surface area (Å²) in [5, 5.41) is 12.8.